The molecule has 1 atom stereocenters. The average molecular weight is 528 g/mol. The van der Waals surface area contributed by atoms with Crippen molar-refractivity contribution in [1.29, 1.82) is 0 Å². The van der Waals surface area contributed by atoms with Crippen molar-refractivity contribution in [3.05, 3.63) is 45.9 Å². The molecule has 0 amide bonds. The van der Waals surface area contributed by atoms with Gasteiger partial charge in [0.1, 0.15) is 10.8 Å². The van der Waals surface area contributed by atoms with Crippen LogP contribution in [0.4, 0.5) is 0 Å². The lowest BCUT2D eigenvalue weighted by Crippen LogP contribution is -2.18. The van der Waals surface area contributed by atoms with Crippen molar-refractivity contribution in [2.45, 2.75) is 69.3 Å². The highest BCUT2D eigenvalue weighted by Gasteiger charge is 2.29. The highest BCUT2D eigenvalue weighted by atomic mass is 32.2. The molecule has 34 heavy (non-hydrogen) atoms. The fourth-order valence-electron chi connectivity index (χ4n) is 4.48. The minimum absolute atomic E-state index is 0.0673. The molecule has 0 saturated heterocycles. The van der Waals surface area contributed by atoms with Crippen LogP contribution in [0.1, 0.15) is 68.1 Å². The Morgan fingerprint density at radius 2 is 1.76 bits per heavy atom. The molecule has 1 heterocycles. The third-order valence-corrected chi connectivity index (χ3v) is 10.1. The molecule has 1 aromatic heterocycles. The van der Waals surface area contributed by atoms with Gasteiger partial charge in [-0.2, -0.15) is 0 Å². The molecule has 1 aromatic carbocycles. The molecular formula is C24H34NO6PS2. The molecule has 1 aliphatic rings. The minimum atomic E-state index is -3.29. The van der Waals surface area contributed by atoms with Crippen LogP contribution >= 0.6 is 18.9 Å². The van der Waals surface area contributed by atoms with Gasteiger partial charge in [0.2, 0.25) is 0 Å². The second-order valence-electron chi connectivity index (χ2n) is 8.76. The Labute approximate surface area is 206 Å². The Kier molecular flexibility index (Phi) is 9.64. The summed E-state index contributed by atoms with van der Waals surface area (Å²) in [6, 6.07) is 6.70. The second kappa shape index (κ2) is 12.0. The van der Waals surface area contributed by atoms with E-state index in [1.807, 2.05) is 0 Å². The van der Waals surface area contributed by atoms with Crippen molar-refractivity contribution in [3.63, 3.8) is 0 Å². The molecule has 1 fully saturated rings. The van der Waals surface area contributed by atoms with Gasteiger partial charge < -0.3 is 9.05 Å². The van der Waals surface area contributed by atoms with Crippen LogP contribution in [0.15, 0.2) is 34.5 Å². The Balaban J connectivity index is 1.76. The van der Waals surface area contributed by atoms with E-state index in [1.165, 1.54) is 30.4 Å². The maximum atomic E-state index is 13.4. The molecule has 0 spiro atoms. The molecule has 0 aliphatic heterocycles. The number of carbonyl (C=O) groups is 1. The van der Waals surface area contributed by atoms with Gasteiger partial charge in [0.25, 0.3) is 0 Å². The van der Waals surface area contributed by atoms with E-state index in [0.29, 0.717) is 16.6 Å². The van der Waals surface area contributed by atoms with Crippen molar-refractivity contribution in [2.24, 2.45) is 5.92 Å². The van der Waals surface area contributed by atoms with Crippen LogP contribution in [0.5, 0.6) is 0 Å². The summed E-state index contributed by atoms with van der Waals surface area (Å²) >= 11 is 1.37. The van der Waals surface area contributed by atoms with Gasteiger partial charge in [0, 0.05) is 17.6 Å². The SMILES string of the molecule is CCOP(=O)(Cc1csc(CC(=O)[C@H](CC2CCCC2)c2ccc(S(C)(=O)=O)cc2)n1)OCC. The fourth-order valence-corrected chi connectivity index (χ4v) is 7.64. The van der Waals surface area contributed by atoms with Crippen LogP contribution in [0.3, 0.4) is 0 Å². The number of Topliss-reactive ketones (excluding diaryl/α,β-unsaturated/α-hetero) is 1. The summed E-state index contributed by atoms with van der Waals surface area (Å²) in [6.45, 7) is 4.11. The van der Waals surface area contributed by atoms with Crippen molar-refractivity contribution < 1.29 is 26.8 Å². The van der Waals surface area contributed by atoms with Crippen molar-refractivity contribution in [1.82, 2.24) is 4.98 Å². The summed E-state index contributed by atoms with van der Waals surface area (Å²) in [6.07, 6.45) is 6.83. The Hall–Kier alpha value is -1.38. The largest absolute Gasteiger partial charge is 0.336 e. The summed E-state index contributed by atoms with van der Waals surface area (Å²) in [4.78, 5) is 18.2. The van der Waals surface area contributed by atoms with Gasteiger partial charge in [-0.3, -0.25) is 9.36 Å². The van der Waals surface area contributed by atoms with Gasteiger partial charge in [-0.25, -0.2) is 13.4 Å². The molecular weight excluding hydrogens is 493 g/mol. The first-order valence-corrected chi connectivity index (χ1v) is 16.3. The van der Waals surface area contributed by atoms with E-state index in [2.05, 4.69) is 4.98 Å². The fraction of sp³-hybridized carbons (Fsp3) is 0.583. The summed E-state index contributed by atoms with van der Waals surface area (Å²) < 4.78 is 47.2. The number of sulfone groups is 1. The Morgan fingerprint density at radius 3 is 2.32 bits per heavy atom. The van der Waals surface area contributed by atoms with Crippen molar-refractivity contribution >= 4 is 34.6 Å². The summed E-state index contributed by atoms with van der Waals surface area (Å²) in [5.41, 5.74) is 1.45. The summed E-state index contributed by atoms with van der Waals surface area (Å²) in [7, 11) is -6.55. The molecule has 7 nitrogen and oxygen atoms in total. The van der Waals surface area contributed by atoms with Crippen LogP contribution in [0.2, 0.25) is 0 Å². The van der Waals surface area contributed by atoms with Crippen LogP contribution in [0.25, 0.3) is 0 Å². The molecule has 2 aromatic rings. The van der Waals surface area contributed by atoms with E-state index >= 15 is 0 Å². The maximum absolute atomic E-state index is 13.4. The second-order valence-corrected chi connectivity index (χ2v) is 13.8. The number of nitrogens with zero attached hydrogens (tertiary/aromatic N) is 1. The van der Waals surface area contributed by atoms with Gasteiger partial charge in [0.15, 0.2) is 9.84 Å². The molecule has 1 aliphatic carbocycles. The minimum Gasteiger partial charge on any atom is -0.309 e. The van der Waals surface area contributed by atoms with Gasteiger partial charge in [-0.1, -0.05) is 37.8 Å². The van der Waals surface area contributed by atoms with E-state index in [4.69, 9.17) is 9.05 Å². The molecule has 3 rings (SSSR count). The molecule has 0 unspecified atom stereocenters. The van der Waals surface area contributed by atoms with E-state index in [1.54, 1.807) is 43.5 Å². The first-order chi connectivity index (χ1) is 16.1. The predicted molar refractivity (Wildman–Crippen MR) is 134 cm³/mol. The van der Waals surface area contributed by atoms with Crippen LogP contribution < -0.4 is 0 Å². The average Bonchev–Trinajstić information content (AvgIpc) is 3.43. The monoisotopic (exact) mass is 527 g/mol. The summed E-state index contributed by atoms with van der Waals surface area (Å²) in [5, 5.41) is 2.48. The van der Waals surface area contributed by atoms with Gasteiger partial charge in [-0.15, -0.1) is 11.3 Å². The van der Waals surface area contributed by atoms with Gasteiger partial charge in [-0.05, 0) is 43.9 Å². The van der Waals surface area contributed by atoms with E-state index < -0.39 is 17.4 Å². The molecule has 0 radical (unpaired) electrons. The predicted octanol–water partition coefficient (Wildman–Crippen LogP) is 5.79. The highest BCUT2D eigenvalue weighted by Crippen LogP contribution is 2.51. The lowest BCUT2D eigenvalue weighted by molar-refractivity contribution is -0.120. The smallest absolute Gasteiger partial charge is 0.309 e. The first kappa shape index (κ1) is 27.2. The number of rotatable bonds is 13. The molecule has 0 N–H and O–H groups in total. The Bertz CT molecular complexity index is 1100. The topological polar surface area (TPSA) is 99.6 Å². The van der Waals surface area contributed by atoms with Crippen LogP contribution in [-0.4, -0.2) is 38.7 Å². The lowest BCUT2D eigenvalue weighted by Gasteiger charge is -2.20. The van der Waals surface area contributed by atoms with E-state index in [-0.39, 0.29) is 42.4 Å². The lowest BCUT2D eigenvalue weighted by atomic mass is 9.84. The number of carbonyl (C=O) groups excluding carboxylic acids is 1. The molecule has 10 heteroatoms. The van der Waals surface area contributed by atoms with E-state index in [9.17, 15) is 17.8 Å². The molecule has 1 saturated carbocycles. The standard InChI is InChI=1S/C24H34NO6PS2/c1-4-30-32(27,31-5-2)16-20-17-33-24(25-20)15-23(26)22(14-18-8-6-7-9-18)19-10-12-21(13-11-19)34(3,28)29/h10-13,17-18,22H,4-9,14-16H2,1-3H3/t22-/m1/s1. The maximum Gasteiger partial charge on any atom is 0.336 e. The number of benzene rings is 1. The number of hydrogen-bond donors (Lipinski definition) is 0. The highest BCUT2D eigenvalue weighted by molar-refractivity contribution is 7.90. The molecule has 188 valence electrons. The first-order valence-electron chi connectivity index (χ1n) is 11.8. The van der Waals surface area contributed by atoms with E-state index in [0.717, 1.165) is 24.8 Å². The number of hydrogen-bond acceptors (Lipinski definition) is 8. The zero-order valence-electron chi connectivity index (χ0n) is 20.1. The zero-order chi connectivity index (χ0) is 24.8. The number of ketones is 1. The normalized spacial score (nSPS) is 16.1. The number of aromatic nitrogens is 1. The quantitative estimate of drug-likeness (QED) is 0.304. The number of thiazole rings is 1. The van der Waals surface area contributed by atoms with Crippen molar-refractivity contribution in [3.8, 4) is 0 Å². The van der Waals surface area contributed by atoms with Gasteiger partial charge in [0.05, 0.1) is 36.4 Å². The summed E-state index contributed by atoms with van der Waals surface area (Å²) in [5.74, 6) is 0.262. The van der Waals surface area contributed by atoms with Crippen LogP contribution in [-0.2, 0) is 40.8 Å². The molecule has 0 bridgehead atoms. The van der Waals surface area contributed by atoms with Gasteiger partial charge >= 0.3 is 7.60 Å². The van der Waals surface area contributed by atoms with Crippen LogP contribution in [0, 0.1) is 5.92 Å². The van der Waals surface area contributed by atoms with Crippen molar-refractivity contribution in [2.75, 3.05) is 19.5 Å². The third-order valence-electron chi connectivity index (χ3n) is 6.08. The Morgan fingerprint density at radius 1 is 1.15 bits per heavy atom. The zero-order valence-corrected chi connectivity index (χ0v) is 22.6. The third kappa shape index (κ3) is 7.56.